The second-order valence-electron chi connectivity index (χ2n) is 2.90. The van der Waals surface area contributed by atoms with E-state index < -0.39 is 35.1 Å². The Bertz CT molecular complexity index is 401. The largest absolute Gasteiger partial charge is 0.423 e. The number of benzene rings is 1. The van der Waals surface area contributed by atoms with E-state index in [0.717, 1.165) is 13.8 Å². The van der Waals surface area contributed by atoms with Gasteiger partial charge in [0.05, 0.1) is 0 Å². The molecule has 0 bridgehead atoms. The molecule has 0 N–H and O–H groups in total. The number of rotatable bonds is 2. The molecule has 16 heavy (non-hydrogen) atoms. The van der Waals surface area contributed by atoms with Crippen molar-refractivity contribution >= 4 is 11.9 Å². The van der Waals surface area contributed by atoms with E-state index in [1.807, 2.05) is 0 Å². The van der Waals surface area contributed by atoms with E-state index in [-0.39, 0.29) is 0 Å². The molecule has 0 fully saturated rings. The lowest BCUT2D eigenvalue weighted by Gasteiger charge is -2.06. The van der Waals surface area contributed by atoms with Crippen LogP contribution in [0.5, 0.6) is 11.5 Å². The second kappa shape index (κ2) is 4.69. The van der Waals surface area contributed by atoms with Crippen LogP contribution in [-0.4, -0.2) is 11.9 Å². The van der Waals surface area contributed by atoms with Crippen LogP contribution < -0.4 is 9.47 Å². The Morgan fingerprint density at radius 2 is 1.25 bits per heavy atom. The van der Waals surface area contributed by atoms with Crippen molar-refractivity contribution in [2.45, 2.75) is 13.8 Å². The van der Waals surface area contributed by atoms with Gasteiger partial charge < -0.3 is 9.47 Å². The highest BCUT2D eigenvalue weighted by molar-refractivity contribution is 5.70. The molecule has 0 aliphatic carbocycles. The molecule has 0 unspecified atom stereocenters. The fraction of sp³-hybridized carbons (Fsp3) is 0.200. The van der Waals surface area contributed by atoms with Gasteiger partial charge in [0.2, 0.25) is 0 Å². The van der Waals surface area contributed by atoms with Crippen LogP contribution in [0, 0.1) is 11.6 Å². The summed E-state index contributed by atoms with van der Waals surface area (Å²) < 4.78 is 35.2. The highest BCUT2D eigenvalue weighted by Crippen LogP contribution is 2.26. The standard InChI is InChI=1S/C10H8F2O4/c1-5(13)15-9-3-8(12)10(4-7(9)11)16-6(2)14/h3-4H,1-2H3. The Balaban J connectivity index is 3.06. The molecule has 0 amide bonds. The number of hydrogen-bond acceptors (Lipinski definition) is 4. The van der Waals surface area contributed by atoms with Gasteiger partial charge in [-0.15, -0.1) is 0 Å². The summed E-state index contributed by atoms with van der Waals surface area (Å²) in [6.07, 6.45) is 0. The molecule has 6 heteroatoms. The molecule has 4 nitrogen and oxygen atoms in total. The maximum Gasteiger partial charge on any atom is 0.308 e. The number of ether oxygens (including phenoxy) is 2. The third kappa shape index (κ3) is 3.01. The van der Waals surface area contributed by atoms with E-state index in [0.29, 0.717) is 12.1 Å². The Kier molecular flexibility index (Phi) is 3.55. The maximum atomic E-state index is 13.2. The molecular weight excluding hydrogens is 222 g/mol. The van der Waals surface area contributed by atoms with Gasteiger partial charge in [0, 0.05) is 26.0 Å². The van der Waals surface area contributed by atoms with Crippen molar-refractivity contribution in [2.24, 2.45) is 0 Å². The smallest absolute Gasteiger partial charge is 0.308 e. The molecule has 1 aromatic carbocycles. The van der Waals surface area contributed by atoms with Crippen molar-refractivity contribution in [2.75, 3.05) is 0 Å². The van der Waals surface area contributed by atoms with E-state index in [1.54, 1.807) is 0 Å². The average molecular weight is 230 g/mol. The summed E-state index contributed by atoms with van der Waals surface area (Å²) in [4.78, 5) is 21.1. The van der Waals surface area contributed by atoms with Gasteiger partial charge in [-0.1, -0.05) is 0 Å². The summed E-state index contributed by atoms with van der Waals surface area (Å²) in [6.45, 7) is 2.11. The Labute approximate surface area is 89.8 Å². The highest BCUT2D eigenvalue weighted by Gasteiger charge is 2.14. The topological polar surface area (TPSA) is 52.6 Å². The van der Waals surface area contributed by atoms with Crippen LogP contribution in [0.4, 0.5) is 8.78 Å². The first-order valence-electron chi connectivity index (χ1n) is 4.26. The summed E-state index contributed by atoms with van der Waals surface area (Å²) in [5.74, 6) is -4.65. The number of carbonyl (C=O) groups excluding carboxylic acids is 2. The van der Waals surface area contributed by atoms with Crippen molar-refractivity contribution in [3.05, 3.63) is 23.8 Å². The Morgan fingerprint density at radius 3 is 1.50 bits per heavy atom. The predicted octanol–water partition coefficient (Wildman–Crippen LogP) is 1.82. The first-order chi connectivity index (χ1) is 7.40. The van der Waals surface area contributed by atoms with E-state index in [2.05, 4.69) is 9.47 Å². The Hall–Kier alpha value is -1.98. The van der Waals surface area contributed by atoms with Crippen LogP contribution in [0.15, 0.2) is 12.1 Å². The normalized spacial score (nSPS) is 9.75. The van der Waals surface area contributed by atoms with Gasteiger partial charge in [-0.25, -0.2) is 8.78 Å². The first kappa shape index (κ1) is 12.1. The second-order valence-corrected chi connectivity index (χ2v) is 2.90. The third-order valence-corrected chi connectivity index (χ3v) is 1.49. The molecule has 1 rings (SSSR count). The zero-order valence-corrected chi connectivity index (χ0v) is 8.54. The SMILES string of the molecule is CC(=O)Oc1cc(F)c(OC(C)=O)cc1F. The fourth-order valence-electron chi connectivity index (χ4n) is 0.976. The molecule has 0 aromatic heterocycles. The first-order valence-corrected chi connectivity index (χ1v) is 4.26. The van der Waals surface area contributed by atoms with Gasteiger partial charge in [0.15, 0.2) is 23.1 Å². The van der Waals surface area contributed by atoms with Gasteiger partial charge in [0.1, 0.15) is 0 Å². The molecule has 0 radical (unpaired) electrons. The molecule has 0 aliphatic rings. The van der Waals surface area contributed by atoms with Gasteiger partial charge in [-0.2, -0.15) is 0 Å². The van der Waals surface area contributed by atoms with Crippen molar-refractivity contribution in [1.29, 1.82) is 0 Å². The van der Waals surface area contributed by atoms with Gasteiger partial charge in [-0.3, -0.25) is 9.59 Å². The molecule has 1 aromatic rings. The monoisotopic (exact) mass is 230 g/mol. The summed E-state index contributed by atoms with van der Waals surface area (Å²) in [7, 11) is 0. The predicted molar refractivity (Wildman–Crippen MR) is 49.0 cm³/mol. The lowest BCUT2D eigenvalue weighted by Crippen LogP contribution is -2.07. The average Bonchev–Trinajstić information content (AvgIpc) is 2.11. The molecule has 0 heterocycles. The zero-order chi connectivity index (χ0) is 12.3. The van der Waals surface area contributed by atoms with Crippen LogP contribution in [-0.2, 0) is 9.59 Å². The summed E-state index contributed by atoms with van der Waals surface area (Å²) in [6, 6.07) is 1.27. The van der Waals surface area contributed by atoms with Crippen molar-refractivity contribution < 1.29 is 27.8 Å². The Morgan fingerprint density at radius 1 is 0.938 bits per heavy atom. The highest BCUT2D eigenvalue weighted by atomic mass is 19.1. The van der Waals surface area contributed by atoms with E-state index >= 15 is 0 Å². The lowest BCUT2D eigenvalue weighted by atomic mass is 10.3. The zero-order valence-electron chi connectivity index (χ0n) is 8.54. The van der Waals surface area contributed by atoms with E-state index in [4.69, 9.17) is 0 Å². The molecule has 86 valence electrons. The number of esters is 2. The number of carbonyl (C=O) groups is 2. The van der Waals surface area contributed by atoms with Crippen LogP contribution >= 0.6 is 0 Å². The number of halogens is 2. The summed E-state index contributed by atoms with van der Waals surface area (Å²) >= 11 is 0. The molecule has 0 saturated heterocycles. The van der Waals surface area contributed by atoms with Crippen LogP contribution in [0.2, 0.25) is 0 Å². The summed E-state index contributed by atoms with van der Waals surface area (Å²) in [5, 5.41) is 0. The van der Waals surface area contributed by atoms with Gasteiger partial charge in [0.25, 0.3) is 0 Å². The minimum atomic E-state index is -0.993. The van der Waals surface area contributed by atoms with E-state index in [1.165, 1.54) is 0 Å². The lowest BCUT2D eigenvalue weighted by molar-refractivity contribution is -0.133. The molecule has 0 atom stereocenters. The van der Waals surface area contributed by atoms with Crippen LogP contribution in [0.1, 0.15) is 13.8 Å². The molecule has 0 aliphatic heterocycles. The van der Waals surface area contributed by atoms with Crippen molar-refractivity contribution in [3.8, 4) is 11.5 Å². The molecule has 0 saturated carbocycles. The molecule has 0 spiro atoms. The third-order valence-electron chi connectivity index (χ3n) is 1.49. The molecular formula is C10H8F2O4. The minimum Gasteiger partial charge on any atom is -0.423 e. The number of hydrogen-bond donors (Lipinski definition) is 0. The van der Waals surface area contributed by atoms with Gasteiger partial charge in [-0.05, 0) is 0 Å². The fourth-order valence-corrected chi connectivity index (χ4v) is 0.976. The summed E-state index contributed by atoms with van der Waals surface area (Å²) in [5.41, 5.74) is 0. The maximum absolute atomic E-state index is 13.2. The van der Waals surface area contributed by atoms with Gasteiger partial charge >= 0.3 is 11.9 Å². The quantitative estimate of drug-likeness (QED) is 0.574. The van der Waals surface area contributed by atoms with Crippen LogP contribution in [0.3, 0.4) is 0 Å². The van der Waals surface area contributed by atoms with Crippen LogP contribution in [0.25, 0.3) is 0 Å². The van der Waals surface area contributed by atoms with Crippen molar-refractivity contribution in [3.63, 3.8) is 0 Å². The van der Waals surface area contributed by atoms with E-state index in [9.17, 15) is 18.4 Å². The minimum absolute atomic E-state index is 0.555. The van der Waals surface area contributed by atoms with Crippen molar-refractivity contribution in [1.82, 2.24) is 0 Å².